The maximum atomic E-state index is 13.4. The molecule has 0 atom stereocenters. The summed E-state index contributed by atoms with van der Waals surface area (Å²) in [6.07, 6.45) is 9.57. The topological polar surface area (TPSA) is 86.9 Å². The van der Waals surface area contributed by atoms with Gasteiger partial charge in [-0.2, -0.15) is 0 Å². The number of nitrogens with two attached hydrogens (primary N) is 1. The molecule has 1 aromatic carbocycles. The summed E-state index contributed by atoms with van der Waals surface area (Å²) in [7, 11) is 0. The van der Waals surface area contributed by atoms with E-state index in [1.165, 1.54) is 19.2 Å². The molecule has 0 aliphatic heterocycles. The molecule has 3 aromatic heterocycles. The molecule has 6 heteroatoms. The molecule has 1 saturated carbocycles. The summed E-state index contributed by atoms with van der Waals surface area (Å²) in [5.74, 6) is 0.981. The maximum Gasteiger partial charge on any atom is 0.195 e. The van der Waals surface area contributed by atoms with Crippen molar-refractivity contribution in [3.63, 3.8) is 0 Å². The van der Waals surface area contributed by atoms with Gasteiger partial charge < -0.3 is 14.7 Å². The van der Waals surface area contributed by atoms with Crippen molar-refractivity contribution >= 4 is 22.6 Å². The van der Waals surface area contributed by atoms with E-state index in [0.717, 1.165) is 29.8 Å². The van der Waals surface area contributed by atoms with E-state index in [4.69, 9.17) is 10.2 Å². The Kier molecular flexibility index (Phi) is 3.97. The summed E-state index contributed by atoms with van der Waals surface area (Å²) >= 11 is 0. The minimum atomic E-state index is -0.0864. The third-order valence-electron chi connectivity index (χ3n) is 5.53. The molecule has 5 rings (SSSR count). The smallest absolute Gasteiger partial charge is 0.195 e. The fourth-order valence-electron chi connectivity index (χ4n) is 4.15. The number of carbonyl (C=O) groups is 1. The fourth-order valence-corrected chi connectivity index (χ4v) is 4.15. The number of ketones is 1. The van der Waals surface area contributed by atoms with Crippen molar-refractivity contribution in [3.8, 4) is 11.3 Å². The zero-order valence-electron chi connectivity index (χ0n) is 15.3. The van der Waals surface area contributed by atoms with E-state index in [0.29, 0.717) is 28.4 Å². The van der Waals surface area contributed by atoms with Crippen LogP contribution in [0.5, 0.6) is 0 Å². The second-order valence-electron chi connectivity index (χ2n) is 7.23. The van der Waals surface area contributed by atoms with Gasteiger partial charge >= 0.3 is 0 Å². The van der Waals surface area contributed by atoms with Gasteiger partial charge in [-0.25, -0.2) is 9.97 Å². The Balaban J connectivity index is 1.63. The molecule has 0 amide bonds. The first-order valence-corrected chi connectivity index (χ1v) is 9.52. The number of nitrogen functional groups attached to an aromatic ring is 1. The molecule has 6 nitrogen and oxygen atoms in total. The van der Waals surface area contributed by atoms with Crippen LogP contribution in [0.15, 0.2) is 59.6 Å². The van der Waals surface area contributed by atoms with Crippen molar-refractivity contribution in [2.24, 2.45) is 0 Å². The third kappa shape index (κ3) is 2.69. The average Bonchev–Trinajstić information content (AvgIpc) is 3.47. The Bertz CT molecular complexity index is 1150. The lowest BCUT2D eigenvalue weighted by molar-refractivity contribution is 0.104. The molecule has 2 N–H and O–H groups in total. The highest BCUT2D eigenvalue weighted by Crippen LogP contribution is 2.35. The van der Waals surface area contributed by atoms with Crippen molar-refractivity contribution in [1.82, 2.24) is 14.5 Å². The lowest BCUT2D eigenvalue weighted by atomic mass is 10.0. The molecule has 0 bridgehead atoms. The molecule has 0 unspecified atom stereocenters. The molecule has 28 heavy (non-hydrogen) atoms. The minimum Gasteiger partial charge on any atom is -0.464 e. The van der Waals surface area contributed by atoms with Crippen molar-refractivity contribution in [3.05, 3.63) is 66.3 Å². The summed E-state index contributed by atoms with van der Waals surface area (Å²) in [6, 6.07) is 11.5. The molecule has 4 aromatic rings. The van der Waals surface area contributed by atoms with Crippen LogP contribution in [0.4, 0.5) is 5.82 Å². The highest BCUT2D eigenvalue weighted by Gasteiger charge is 2.25. The Morgan fingerprint density at radius 3 is 2.79 bits per heavy atom. The van der Waals surface area contributed by atoms with Crippen molar-refractivity contribution in [2.45, 2.75) is 31.7 Å². The molecule has 0 spiro atoms. The van der Waals surface area contributed by atoms with Gasteiger partial charge in [-0.3, -0.25) is 4.79 Å². The number of aromatic nitrogens is 3. The predicted molar refractivity (Wildman–Crippen MR) is 107 cm³/mol. The van der Waals surface area contributed by atoms with Crippen LogP contribution in [-0.4, -0.2) is 20.3 Å². The number of anilines is 1. The highest BCUT2D eigenvalue weighted by molar-refractivity contribution is 6.18. The van der Waals surface area contributed by atoms with Gasteiger partial charge in [0.1, 0.15) is 23.6 Å². The predicted octanol–water partition coefficient (Wildman–Crippen LogP) is 4.62. The van der Waals surface area contributed by atoms with Gasteiger partial charge in [0, 0.05) is 23.4 Å². The standard InChI is InChI=1S/C22H20N4O2/c23-21-19-17(12-26(16-7-1-2-8-16)22(19)25-13-24-21)20(27)15-6-3-5-14(11-15)18-9-4-10-28-18/h3-6,9-13,16H,1-2,7-8H2,(H2,23,24,25). The molecule has 3 heterocycles. The highest BCUT2D eigenvalue weighted by atomic mass is 16.3. The third-order valence-corrected chi connectivity index (χ3v) is 5.53. The first-order valence-electron chi connectivity index (χ1n) is 9.52. The number of furan rings is 1. The molecule has 140 valence electrons. The summed E-state index contributed by atoms with van der Waals surface area (Å²) in [6.45, 7) is 0. The molecular weight excluding hydrogens is 352 g/mol. The van der Waals surface area contributed by atoms with E-state index < -0.39 is 0 Å². The van der Waals surface area contributed by atoms with Gasteiger partial charge in [0.05, 0.1) is 17.2 Å². The number of hydrogen-bond acceptors (Lipinski definition) is 5. The van der Waals surface area contributed by atoms with Crippen LogP contribution in [0.3, 0.4) is 0 Å². The molecule has 1 aliphatic rings. The Hall–Kier alpha value is -3.41. The number of nitrogens with zero attached hydrogens (tertiary/aromatic N) is 3. The molecule has 1 fully saturated rings. The molecule has 1 aliphatic carbocycles. The number of fused-ring (bicyclic) bond motifs is 1. The van der Waals surface area contributed by atoms with E-state index in [9.17, 15) is 4.79 Å². The van der Waals surface area contributed by atoms with E-state index >= 15 is 0 Å². The molecule has 0 radical (unpaired) electrons. The minimum absolute atomic E-state index is 0.0864. The van der Waals surface area contributed by atoms with Crippen LogP contribution in [0.25, 0.3) is 22.4 Å². The Labute approximate surface area is 162 Å². The zero-order chi connectivity index (χ0) is 19.1. The lowest BCUT2D eigenvalue weighted by Gasteiger charge is -2.12. The van der Waals surface area contributed by atoms with Crippen molar-refractivity contribution < 1.29 is 9.21 Å². The van der Waals surface area contributed by atoms with Crippen molar-refractivity contribution in [2.75, 3.05) is 5.73 Å². The van der Waals surface area contributed by atoms with Crippen molar-refractivity contribution in [1.29, 1.82) is 0 Å². The van der Waals surface area contributed by atoms with Gasteiger partial charge in [-0.1, -0.05) is 31.0 Å². The lowest BCUT2D eigenvalue weighted by Crippen LogP contribution is -2.04. The largest absolute Gasteiger partial charge is 0.464 e. The van der Waals surface area contributed by atoms with Gasteiger partial charge in [0.25, 0.3) is 0 Å². The van der Waals surface area contributed by atoms with Gasteiger partial charge in [0.15, 0.2) is 5.78 Å². The van der Waals surface area contributed by atoms with Crippen LogP contribution in [-0.2, 0) is 0 Å². The van der Waals surface area contributed by atoms with Crippen LogP contribution < -0.4 is 5.73 Å². The SMILES string of the molecule is Nc1ncnc2c1c(C(=O)c1cccc(-c3ccco3)c1)cn2C1CCCC1. The van der Waals surface area contributed by atoms with E-state index in [2.05, 4.69) is 14.5 Å². The van der Waals surface area contributed by atoms with E-state index in [-0.39, 0.29) is 5.78 Å². The second kappa shape index (κ2) is 6.64. The Morgan fingerprint density at radius 2 is 2.00 bits per heavy atom. The average molecular weight is 372 g/mol. The fraction of sp³-hybridized carbons (Fsp3) is 0.227. The normalized spacial score (nSPS) is 14.7. The van der Waals surface area contributed by atoms with Crippen LogP contribution >= 0.6 is 0 Å². The second-order valence-corrected chi connectivity index (χ2v) is 7.23. The molecule has 0 saturated heterocycles. The van der Waals surface area contributed by atoms with Gasteiger partial charge in [-0.05, 0) is 31.0 Å². The quantitative estimate of drug-likeness (QED) is 0.528. The number of carbonyl (C=O) groups excluding carboxylic acids is 1. The first-order chi connectivity index (χ1) is 13.7. The van der Waals surface area contributed by atoms with Crippen LogP contribution in [0, 0.1) is 0 Å². The summed E-state index contributed by atoms with van der Waals surface area (Å²) in [4.78, 5) is 22.0. The number of hydrogen-bond donors (Lipinski definition) is 1. The first kappa shape index (κ1) is 16.7. The van der Waals surface area contributed by atoms with Crippen LogP contribution in [0.2, 0.25) is 0 Å². The van der Waals surface area contributed by atoms with E-state index in [1.807, 2.05) is 42.6 Å². The Morgan fingerprint density at radius 1 is 1.14 bits per heavy atom. The zero-order valence-corrected chi connectivity index (χ0v) is 15.3. The number of rotatable bonds is 4. The van der Waals surface area contributed by atoms with Crippen LogP contribution in [0.1, 0.15) is 47.6 Å². The summed E-state index contributed by atoms with van der Waals surface area (Å²) < 4.78 is 7.58. The monoisotopic (exact) mass is 372 g/mol. The van der Waals surface area contributed by atoms with Gasteiger partial charge in [0.2, 0.25) is 0 Å². The number of benzene rings is 1. The summed E-state index contributed by atoms with van der Waals surface area (Å²) in [5.41, 5.74) is 8.90. The summed E-state index contributed by atoms with van der Waals surface area (Å²) in [5, 5.41) is 0.641. The molecular formula is C22H20N4O2. The maximum absolute atomic E-state index is 13.4. The van der Waals surface area contributed by atoms with E-state index in [1.54, 1.807) is 6.26 Å². The van der Waals surface area contributed by atoms with Gasteiger partial charge in [-0.15, -0.1) is 0 Å².